The summed E-state index contributed by atoms with van der Waals surface area (Å²) in [6, 6.07) is 7.65. The second-order valence-electron chi connectivity index (χ2n) is 3.50. The monoisotopic (exact) mass is 203 g/mol. The highest BCUT2D eigenvalue weighted by atomic mass is 16.5. The van der Waals surface area contributed by atoms with Crippen LogP contribution in [0.25, 0.3) is 6.08 Å². The Balaban J connectivity index is 2.37. The minimum atomic E-state index is -0.315. The first kappa shape index (κ1) is 9.77. The molecule has 1 aliphatic rings. The average Bonchev–Trinajstić information content (AvgIpc) is 2.29. The summed E-state index contributed by atoms with van der Waals surface area (Å²) in [6.07, 6.45) is 3.81. The molecule has 1 aromatic rings. The molecule has 3 heteroatoms. The third kappa shape index (κ3) is 1.61. The van der Waals surface area contributed by atoms with Gasteiger partial charge in [-0.3, -0.25) is 0 Å². The van der Waals surface area contributed by atoms with Crippen LogP contribution in [0.2, 0.25) is 0 Å². The molecule has 1 aliphatic heterocycles. The van der Waals surface area contributed by atoms with E-state index in [0.717, 1.165) is 11.3 Å². The summed E-state index contributed by atoms with van der Waals surface area (Å²) >= 11 is 0. The number of ether oxygens (including phenoxy) is 1. The van der Waals surface area contributed by atoms with E-state index < -0.39 is 0 Å². The zero-order valence-electron chi connectivity index (χ0n) is 8.81. The molecule has 0 aliphatic carbocycles. The summed E-state index contributed by atoms with van der Waals surface area (Å²) in [6.45, 7) is 0. The third-order valence-electron chi connectivity index (χ3n) is 2.63. The predicted molar refractivity (Wildman–Crippen MR) is 59.7 cm³/mol. The first-order chi connectivity index (χ1) is 7.24. The highest BCUT2D eigenvalue weighted by Crippen LogP contribution is 2.27. The van der Waals surface area contributed by atoms with Crippen LogP contribution in [0.3, 0.4) is 0 Å². The molecule has 0 aromatic heterocycles. The molecule has 15 heavy (non-hydrogen) atoms. The number of nitrogens with zero attached hydrogens (tertiary/aromatic N) is 1. The van der Waals surface area contributed by atoms with Crippen molar-refractivity contribution in [2.24, 2.45) is 0 Å². The Bertz CT molecular complexity index is 412. The lowest BCUT2D eigenvalue weighted by Crippen LogP contribution is -2.39. The lowest BCUT2D eigenvalue weighted by Gasteiger charge is -2.30. The van der Waals surface area contributed by atoms with E-state index in [1.807, 2.05) is 48.4 Å². The van der Waals surface area contributed by atoms with Crippen LogP contribution in [-0.4, -0.2) is 26.2 Å². The van der Waals surface area contributed by atoms with E-state index in [0.29, 0.717) is 0 Å². The largest absolute Gasteiger partial charge is 0.467 e. The van der Waals surface area contributed by atoms with E-state index in [-0.39, 0.29) is 12.0 Å². The number of hydrogen-bond acceptors (Lipinski definition) is 3. The molecular weight excluding hydrogens is 190 g/mol. The predicted octanol–water partition coefficient (Wildman–Crippen LogP) is 1.69. The zero-order valence-corrected chi connectivity index (χ0v) is 8.81. The van der Waals surface area contributed by atoms with E-state index in [2.05, 4.69) is 0 Å². The maximum Gasteiger partial charge on any atom is 0.332 e. The van der Waals surface area contributed by atoms with Gasteiger partial charge in [0.05, 0.1) is 7.11 Å². The van der Waals surface area contributed by atoms with Crippen molar-refractivity contribution in [3.8, 4) is 0 Å². The Hall–Kier alpha value is -1.77. The number of anilines is 1. The number of carbonyl (C=O) groups is 1. The van der Waals surface area contributed by atoms with Crippen LogP contribution in [0, 0.1) is 0 Å². The first-order valence-corrected chi connectivity index (χ1v) is 4.82. The van der Waals surface area contributed by atoms with Crippen LogP contribution in [0.15, 0.2) is 30.3 Å². The fraction of sp³-hybridized carbons (Fsp3) is 0.250. The van der Waals surface area contributed by atoms with Gasteiger partial charge in [0.2, 0.25) is 0 Å². The molecule has 78 valence electrons. The van der Waals surface area contributed by atoms with Crippen LogP contribution in [0.5, 0.6) is 0 Å². The summed E-state index contributed by atoms with van der Waals surface area (Å²) in [7, 11) is 3.30. The van der Waals surface area contributed by atoms with Crippen LogP contribution in [0.4, 0.5) is 5.69 Å². The molecular formula is C12H13NO2. The summed E-state index contributed by atoms with van der Waals surface area (Å²) in [5, 5.41) is 0. The van der Waals surface area contributed by atoms with Crippen LogP contribution in [0.1, 0.15) is 5.56 Å². The SMILES string of the molecule is COC(=O)C1C=Cc2ccccc2N1C. The van der Waals surface area contributed by atoms with E-state index in [1.54, 1.807) is 0 Å². The first-order valence-electron chi connectivity index (χ1n) is 4.82. The number of rotatable bonds is 1. The second kappa shape index (κ2) is 3.77. The van der Waals surface area contributed by atoms with E-state index in [1.165, 1.54) is 7.11 Å². The van der Waals surface area contributed by atoms with Crippen molar-refractivity contribution in [2.75, 3.05) is 19.1 Å². The molecule has 1 heterocycles. The minimum Gasteiger partial charge on any atom is -0.467 e. The van der Waals surface area contributed by atoms with Crippen LogP contribution >= 0.6 is 0 Å². The van der Waals surface area contributed by atoms with E-state index in [4.69, 9.17) is 4.74 Å². The van der Waals surface area contributed by atoms with Gasteiger partial charge in [-0.1, -0.05) is 30.4 Å². The van der Waals surface area contributed by atoms with Crippen molar-refractivity contribution >= 4 is 17.7 Å². The molecule has 0 fully saturated rings. The quantitative estimate of drug-likeness (QED) is 0.650. The number of methoxy groups -OCH3 is 1. The lowest BCUT2D eigenvalue weighted by atomic mass is 10.0. The number of hydrogen-bond donors (Lipinski definition) is 0. The Kier molecular flexibility index (Phi) is 2.46. The molecule has 0 saturated heterocycles. The van der Waals surface area contributed by atoms with Crippen molar-refractivity contribution in [1.29, 1.82) is 0 Å². The van der Waals surface area contributed by atoms with E-state index in [9.17, 15) is 4.79 Å². The summed E-state index contributed by atoms with van der Waals surface area (Å²) in [5.41, 5.74) is 2.18. The summed E-state index contributed by atoms with van der Waals surface area (Å²) < 4.78 is 4.74. The van der Waals surface area contributed by atoms with Crippen LogP contribution in [-0.2, 0) is 9.53 Å². The topological polar surface area (TPSA) is 29.5 Å². The number of para-hydroxylation sites is 1. The molecule has 0 radical (unpaired) electrons. The second-order valence-corrected chi connectivity index (χ2v) is 3.50. The van der Waals surface area contributed by atoms with E-state index >= 15 is 0 Å². The zero-order chi connectivity index (χ0) is 10.8. The highest BCUT2D eigenvalue weighted by molar-refractivity contribution is 5.87. The van der Waals surface area contributed by atoms with Gasteiger partial charge in [-0.05, 0) is 11.6 Å². The van der Waals surface area contributed by atoms with Gasteiger partial charge in [-0.25, -0.2) is 4.79 Å². The summed E-state index contributed by atoms with van der Waals surface area (Å²) in [4.78, 5) is 13.4. The standard InChI is InChI=1S/C12H13NO2/c1-13-10-6-4-3-5-9(10)7-8-11(13)12(14)15-2/h3-8,11H,1-2H3. The number of carbonyl (C=O) groups excluding carboxylic acids is 1. The van der Waals surface area contributed by atoms with Crippen molar-refractivity contribution in [3.05, 3.63) is 35.9 Å². The molecule has 1 unspecified atom stereocenters. The fourth-order valence-corrected chi connectivity index (χ4v) is 1.78. The minimum absolute atomic E-state index is 0.233. The van der Waals surface area contributed by atoms with Crippen molar-refractivity contribution in [3.63, 3.8) is 0 Å². The molecule has 3 nitrogen and oxygen atoms in total. The van der Waals surface area contributed by atoms with Gasteiger partial charge in [-0.15, -0.1) is 0 Å². The van der Waals surface area contributed by atoms with Gasteiger partial charge in [0, 0.05) is 12.7 Å². The lowest BCUT2D eigenvalue weighted by molar-refractivity contribution is -0.140. The number of fused-ring (bicyclic) bond motifs is 1. The molecule has 1 atom stereocenters. The maximum absolute atomic E-state index is 11.5. The Morgan fingerprint density at radius 1 is 1.40 bits per heavy atom. The molecule has 0 bridgehead atoms. The molecule has 0 N–H and O–H groups in total. The van der Waals surface area contributed by atoms with Crippen molar-refractivity contribution in [2.45, 2.75) is 6.04 Å². The normalized spacial score (nSPS) is 18.5. The maximum atomic E-state index is 11.5. The Morgan fingerprint density at radius 3 is 2.87 bits per heavy atom. The highest BCUT2D eigenvalue weighted by Gasteiger charge is 2.25. The number of likely N-dealkylation sites (N-methyl/N-ethyl adjacent to an activating group) is 1. The fourth-order valence-electron chi connectivity index (χ4n) is 1.78. The van der Waals surface area contributed by atoms with Gasteiger partial charge in [0.15, 0.2) is 0 Å². The average molecular weight is 203 g/mol. The van der Waals surface area contributed by atoms with Crippen molar-refractivity contribution < 1.29 is 9.53 Å². The Morgan fingerprint density at radius 2 is 2.13 bits per heavy atom. The smallest absolute Gasteiger partial charge is 0.332 e. The van der Waals surface area contributed by atoms with Gasteiger partial charge in [0.1, 0.15) is 6.04 Å². The Labute approximate surface area is 89.0 Å². The third-order valence-corrected chi connectivity index (χ3v) is 2.63. The van der Waals surface area contributed by atoms with Crippen LogP contribution < -0.4 is 4.90 Å². The van der Waals surface area contributed by atoms with Gasteiger partial charge in [0.25, 0.3) is 0 Å². The number of benzene rings is 1. The molecule has 1 aromatic carbocycles. The van der Waals surface area contributed by atoms with Crippen molar-refractivity contribution in [1.82, 2.24) is 0 Å². The van der Waals surface area contributed by atoms with Gasteiger partial charge in [-0.2, -0.15) is 0 Å². The number of esters is 1. The molecule has 2 rings (SSSR count). The molecule has 0 amide bonds. The molecule has 0 spiro atoms. The summed E-state index contributed by atoms with van der Waals surface area (Å²) in [5.74, 6) is -0.233. The molecule has 0 saturated carbocycles. The van der Waals surface area contributed by atoms with Gasteiger partial charge < -0.3 is 9.64 Å². The van der Waals surface area contributed by atoms with Gasteiger partial charge >= 0.3 is 5.97 Å².